The molecule has 1 heterocycles. The highest BCUT2D eigenvalue weighted by atomic mass is 16.4. The Balaban J connectivity index is 1.27. The van der Waals surface area contributed by atoms with Gasteiger partial charge in [0.15, 0.2) is 0 Å². The molecule has 4 saturated carbocycles. The molecule has 5 aliphatic rings. The maximum atomic E-state index is 10.7. The molecule has 174 valence electrons. The molecule has 0 radical (unpaired) electrons. The van der Waals surface area contributed by atoms with Gasteiger partial charge in [-0.05, 0) is 87.5 Å². The van der Waals surface area contributed by atoms with Crippen LogP contribution in [0.1, 0.15) is 90.4 Å². The van der Waals surface area contributed by atoms with E-state index in [-0.39, 0.29) is 12.6 Å². The van der Waals surface area contributed by atoms with Gasteiger partial charge in [-0.2, -0.15) is 0 Å². The number of unbranched alkanes of at least 4 members (excludes halogenated alkanes) is 3. The summed E-state index contributed by atoms with van der Waals surface area (Å²) < 4.78 is 0. The molecule has 4 bridgehead atoms. The van der Waals surface area contributed by atoms with Crippen LogP contribution in [0.2, 0.25) is 0 Å². The number of nitrogens with zero attached hydrogens (tertiary/aromatic N) is 1. The Kier molecular flexibility index (Phi) is 7.46. The lowest BCUT2D eigenvalue weighted by Crippen LogP contribution is -2.67. The van der Waals surface area contributed by atoms with Gasteiger partial charge in [-0.15, -0.1) is 0 Å². The van der Waals surface area contributed by atoms with Crippen molar-refractivity contribution < 1.29 is 20.4 Å². The number of piperidine rings is 1. The molecule has 30 heavy (non-hydrogen) atoms. The Morgan fingerprint density at radius 2 is 1.37 bits per heavy atom. The summed E-state index contributed by atoms with van der Waals surface area (Å²) in [5.41, 5.74) is 0.647. The van der Waals surface area contributed by atoms with Crippen LogP contribution in [0.15, 0.2) is 0 Å². The van der Waals surface area contributed by atoms with Crippen LogP contribution < -0.4 is 0 Å². The summed E-state index contributed by atoms with van der Waals surface area (Å²) in [6.07, 6.45) is 13.4. The van der Waals surface area contributed by atoms with Gasteiger partial charge in [0, 0.05) is 6.04 Å². The number of likely N-dealkylation sites (tertiary alicyclic amines) is 1. The number of hydrogen-bond donors (Lipinski definition) is 4. The van der Waals surface area contributed by atoms with Crippen molar-refractivity contribution in [2.24, 2.45) is 23.2 Å². The predicted molar refractivity (Wildman–Crippen MR) is 118 cm³/mol. The highest BCUT2D eigenvalue weighted by Crippen LogP contribution is 2.61. The van der Waals surface area contributed by atoms with E-state index in [0.29, 0.717) is 5.41 Å². The lowest BCUT2D eigenvalue weighted by molar-refractivity contribution is -0.172. The molecule has 0 aromatic rings. The molecular formula is C25H45NO4. The first-order chi connectivity index (χ1) is 14.5. The van der Waals surface area contributed by atoms with E-state index in [1.807, 2.05) is 0 Å². The zero-order valence-electron chi connectivity index (χ0n) is 19.0. The third-order valence-corrected chi connectivity index (χ3v) is 9.17. The Labute approximate surface area is 182 Å². The molecule has 5 fully saturated rings. The van der Waals surface area contributed by atoms with E-state index in [1.54, 1.807) is 0 Å². The summed E-state index contributed by atoms with van der Waals surface area (Å²) in [5.74, 6) is 3.05. The van der Waals surface area contributed by atoms with Crippen molar-refractivity contribution in [2.75, 3.05) is 13.2 Å². The molecule has 4 N–H and O–H groups in total. The molecule has 0 aromatic heterocycles. The zero-order valence-corrected chi connectivity index (χ0v) is 19.0. The Hall–Kier alpha value is -0.200. The van der Waals surface area contributed by atoms with Gasteiger partial charge in [0.25, 0.3) is 0 Å². The minimum absolute atomic E-state index is 0.174. The van der Waals surface area contributed by atoms with Crippen LogP contribution in [0.5, 0.6) is 0 Å². The minimum atomic E-state index is -1.17. The Morgan fingerprint density at radius 3 is 1.93 bits per heavy atom. The second-order valence-corrected chi connectivity index (χ2v) is 11.4. The third-order valence-electron chi connectivity index (χ3n) is 9.17. The SMILES string of the molecule is CCCCN1[C@H](CO)[C@@H](O)[C@H](O)[C@@H](O)[C@@H]1CCCCCC12CC3CC(CC(C3)C1)C2. The van der Waals surface area contributed by atoms with Gasteiger partial charge in [-0.1, -0.05) is 32.6 Å². The number of aliphatic hydroxyl groups is 4. The van der Waals surface area contributed by atoms with E-state index in [4.69, 9.17) is 0 Å². The third kappa shape index (κ3) is 4.61. The van der Waals surface area contributed by atoms with Crippen molar-refractivity contribution in [1.29, 1.82) is 0 Å². The molecule has 0 unspecified atom stereocenters. The van der Waals surface area contributed by atoms with E-state index >= 15 is 0 Å². The first kappa shape index (κ1) is 23.0. The van der Waals surface area contributed by atoms with Gasteiger partial charge < -0.3 is 20.4 Å². The molecule has 0 spiro atoms. The van der Waals surface area contributed by atoms with E-state index in [1.165, 1.54) is 57.8 Å². The van der Waals surface area contributed by atoms with Gasteiger partial charge in [-0.25, -0.2) is 0 Å². The summed E-state index contributed by atoms with van der Waals surface area (Å²) >= 11 is 0. The highest BCUT2D eigenvalue weighted by molar-refractivity contribution is 5.02. The fourth-order valence-corrected chi connectivity index (χ4v) is 8.14. The second-order valence-electron chi connectivity index (χ2n) is 11.4. The average Bonchev–Trinajstić information content (AvgIpc) is 2.71. The van der Waals surface area contributed by atoms with Crippen molar-refractivity contribution in [1.82, 2.24) is 4.90 Å². The van der Waals surface area contributed by atoms with Crippen molar-refractivity contribution in [3.8, 4) is 0 Å². The summed E-state index contributed by atoms with van der Waals surface area (Å²) in [6.45, 7) is 2.69. The first-order valence-electron chi connectivity index (χ1n) is 12.9. The van der Waals surface area contributed by atoms with E-state index in [2.05, 4.69) is 11.8 Å². The van der Waals surface area contributed by atoms with E-state index in [9.17, 15) is 20.4 Å². The number of hydrogen-bond acceptors (Lipinski definition) is 5. The molecule has 5 nitrogen and oxygen atoms in total. The standard InChI is InChI=1S/C25H45NO4/c1-2-3-9-26-20(22(28)24(30)23(29)21(26)16-27)7-5-4-6-8-25-13-17-10-18(14-25)12-19(11-17)15-25/h17-24,27-30H,2-16H2,1H3/t17?,18?,19?,20-,21+,22-,23+,24+,25?/m0/s1. The molecule has 5 heteroatoms. The number of aliphatic hydroxyl groups excluding tert-OH is 4. The van der Waals surface area contributed by atoms with Crippen molar-refractivity contribution in [3.63, 3.8) is 0 Å². The van der Waals surface area contributed by atoms with Crippen LogP contribution in [0, 0.1) is 23.2 Å². The minimum Gasteiger partial charge on any atom is -0.395 e. The van der Waals surface area contributed by atoms with Gasteiger partial charge in [0.1, 0.15) is 12.2 Å². The predicted octanol–water partition coefficient (Wildman–Crippen LogP) is 3.08. The average molecular weight is 424 g/mol. The molecule has 5 atom stereocenters. The molecule has 5 rings (SSSR count). The molecule has 1 saturated heterocycles. The molecular weight excluding hydrogens is 378 g/mol. The zero-order chi connectivity index (χ0) is 21.3. The summed E-state index contributed by atoms with van der Waals surface area (Å²) in [4.78, 5) is 2.07. The van der Waals surface area contributed by atoms with Gasteiger partial charge in [-0.3, -0.25) is 4.90 Å². The van der Waals surface area contributed by atoms with Gasteiger partial charge in [0.05, 0.1) is 18.8 Å². The first-order valence-corrected chi connectivity index (χ1v) is 12.9. The summed E-state index contributed by atoms with van der Waals surface area (Å²) in [6, 6.07) is -0.654. The topological polar surface area (TPSA) is 84.2 Å². The molecule has 0 amide bonds. The maximum absolute atomic E-state index is 10.7. The van der Waals surface area contributed by atoms with Crippen LogP contribution >= 0.6 is 0 Å². The molecule has 0 aromatic carbocycles. The van der Waals surface area contributed by atoms with E-state index in [0.717, 1.165) is 50.0 Å². The summed E-state index contributed by atoms with van der Waals surface area (Å²) in [5, 5.41) is 41.2. The van der Waals surface area contributed by atoms with Crippen LogP contribution in [0.4, 0.5) is 0 Å². The normalized spacial score (nSPS) is 45.9. The quantitative estimate of drug-likeness (QED) is 0.406. The number of rotatable bonds is 10. The summed E-state index contributed by atoms with van der Waals surface area (Å²) in [7, 11) is 0. The van der Waals surface area contributed by atoms with E-state index < -0.39 is 24.4 Å². The largest absolute Gasteiger partial charge is 0.395 e. The fraction of sp³-hybridized carbons (Fsp3) is 1.00. The Morgan fingerprint density at radius 1 is 0.767 bits per heavy atom. The van der Waals surface area contributed by atoms with Crippen LogP contribution in [0.3, 0.4) is 0 Å². The van der Waals surface area contributed by atoms with Gasteiger partial charge >= 0.3 is 0 Å². The second kappa shape index (κ2) is 9.74. The van der Waals surface area contributed by atoms with Crippen LogP contribution in [0.25, 0.3) is 0 Å². The van der Waals surface area contributed by atoms with Crippen molar-refractivity contribution >= 4 is 0 Å². The lowest BCUT2D eigenvalue weighted by Gasteiger charge is -2.57. The highest BCUT2D eigenvalue weighted by Gasteiger charge is 2.50. The maximum Gasteiger partial charge on any atom is 0.109 e. The van der Waals surface area contributed by atoms with Crippen molar-refractivity contribution in [3.05, 3.63) is 0 Å². The smallest absolute Gasteiger partial charge is 0.109 e. The molecule has 4 aliphatic carbocycles. The monoisotopic (exact) mass is 423 g/mol. The lowest BCUT2D eigenvalue weighted by atomic mass is 9.48. The van der Waals surface area contributed by atoms with Crippen LogP contribution in [-0.4, -0.2) is 68.9 Å². The van der Waals surface area contributed by atoms with Gasteiger partial charge in [0.2, 0.25) is 0 Å². The fourth-order valence-electron chi connectivity index (χ4n) is 8.14. The molecule has 1 aliphatic heterocycles. The van der Waals surface area contributed by atoms with Crippen LogP contribution in [-0.2, 0) is 0 Å². The van der Waals surface area contributed by atoms with Crippen molar-refractivity contribution in [2.45, 2.75) is 121 Å². The Bertz CT molecular complexity index is 520.